The van der Waals surface area contributed by atoms with Crippen molar-refractivity contribution in [2.45, 2.75) is 57.5 Å². The maximum absolute atomic E-state index is 6.11. The Morgan fingerprint density at radius 2 is 1.93 bits per heavy atom. The topological polar surface area (TPSA) is 29.3 Å². The molecule has 1 saturated carbocycles. The molecule has 1 aliphatic carbocycles. The minimum absolute atomic E-state index is 0.0233. The third-order valence-corrected chi connectivity index (χ3v) is 3.72. The molecule has 2 heteroatoms. The maximum Gasteiger partial charge on any atom is 0.0226 e. The SMILES string of the molecule is CC(C)(N)CN1CCCC2CCCC21. The standard InChI is InChI=1S/C12H24N2/c1-12(2,13)9-14-8-4-6-10-5-3-7-11(10)14/h10-11H,3-9,13H2,1-2H3. The van der Waals surface area contributed by atoms with Crippen LogP contribution < -0.4 is 5.73 Å². The van der Waals surface area contributed by atoms with Crippen molar-refractivity contribution in [1.82, 2.24) is 4.90 Å². The van der Waals surface area contributed by atoms with Crippen LogP contribution in [0.25, 0.3) is 0 Å². The Bertz CT molecular complexity index is 195. The van der Waals surface area contributed by atoms with Gasteiger partial charge in [-0.05, 0) is 52.0 Å². The summed E-state index contributed by atoms with van der Waals surface area (Å²) in [4.78, 5) is 2.65. The smallest absolute Gasteiger partial charge is 0.0226 e. The van der Waals surface area contributed by atoms with E-state index in [9.17, 15) is 0 Å². The van der Waals surface area contributed by atoms with Gasteiger partial charge in [-0.2, -0.15) is 0 Å². The molecule has 1 heterocycles. The van der Waals surface area contributed by atoms with Crippen molar-refractivity contribution in [3.63, 3.8) is 0 Å². The van der Waals surface area contributed by atoms with E-state index in [0.29, 0.717) is 0 Å². The van der Waals surface area contributed by atoms with Crippen LogP contribution in [0.5, 0.6) is 0 Å². The summed E-state index contributed by atoms with van der Waals surface area (Å²) >= 11 is 0. The molecule has 2 N–H and O–H groups in total. The van der Waals surface area contributed by atoms with Crippen molar-refractivity contribution < 1.29 is 0 Å². The zero-order chi connectivity index (χ0) is 10.2. The van der Waals surface area contributed by atoms with Gasteiger partial charge in [0, 0.05) is 18.1 Å². The molecule has 0 aromatic rings. The van der Waals surface area contributed by atoms with Crippen LogP contribution in [0.4, 0.5) is 0 Å². The maximum atomic E-state index is 6.11. The normalized spacial score (nSPS) is 34.5. The first kappa shape index (κ1) is 10.4. The Morgan fingerprint density at radius 3 is 2.64 bits per heavy atom. The van der Waals surface area contributed by atoms with Gasteiger partial charge in [-0.1, -0.05) is 6.42 Å². The van der Waals surface area contributed by atoms with Gasteiger partial charge in [0.15, 0.2) is 0 Å². The van der Waals surface area contributed by atoms with Crippen LogP contribution in [-0.2, 0) is 0 Å². The zero-order valence-electron chi connectivity index (χ0n) is 9.63. The highest BCUT2D eigenvalue weighted by atomic mass is 15.2. The Labute approximate surface area is 87.8 Å². The first-order valence-corrected chi connectivity index (χ1v) is 6.09. The quantitative estimate of drug-likeness (QED) is 0.732. The van der Waals surface area contributed by atoms with Gasteiger partial charge in [0.1, 0.15) is 0 Å². The minimum atomic E-state index is -0.0233. The Balaban J connectivity index is 1.97. The Morgan fingerprint density at radius 1 is 1.21 bits per heavy atom. The predicted molar refractivity (Wildman–Crippen MR) is 60.2 cm³/mol. The van der Waals surface area contributed by atoms with Crippen LogP contribution in [0.1, 0.15) is 46.0 Å². The van der Waals surface area contributed by atoms with Gasteiger partial charge in [-0.3, -0.25) is 4.90 Å². The van der Waals surface area contributed by atoms with Crippen molar-refractivity contribution in [2.24, 2.45) is 11.7 Å². The van der Waals surface area contributed by atoms with E-state index >= 15 is 0 Å². The summed E-state index contributed by atoms with van der Waals surface area (Å²) in [5.41, 5.74) is 6.08. The van der Waals surface area contributed by atoms with Crippen molar-refractivity contribution in [3.05, 3.63) is 0 Å². The van der Waals surface area contributed by atoms with E-state index in [0.717, 1.165) is 18.5 Å². The zero-order valence-corrected chi connectivity index (χ0v) is 9.63. The fourth-order valence-electron chi connectivity index (χ4n) is 3.28. The van der Waals surface area contributed by atoms with Crippen LogP contribution in [0.2, 0.25) is 0 Å². The molecule has 2 atom stereocenters. The lowest BCUT2D eigenvalue weighted by Crippen LogP contribution is -2.52. The highest BCUT2D eigenvalue weighted by Crippen LogP contribution is 2.36. The van der Waals surface area contributed by atoms with Gasteiger partial charge >= 0.3 is 0 Å². The largest absolute Gasteiger partial charge is 0.324 e. The van der Waals surface area contributed by atoms with E-state index in [-0.39, 0.29) is 5.54 Å². The molecule has 2 rings (SSSR count). The highest BCUT2D eigenvalue weighted by Gasteiger charge is 2.36. The number of fused-ring (bicyclic) bond motifs is 1. The summed E-state index contributed by atoms with van der Waals surface area (Å²) in [6.45, 7) is 6.65. The lowest BCUT2D eigenvalue weighted by atomic mass is 9.90. The van der Waals surface area contributed by atoms with E-state index in [1.165, 1.54) is 38.6 Å². The molecule has 0 aromatic carbocycles. The third kappa shape index (κ3) is 2.29. The molecule has 2 aliphatic rings. The van der Waals surface area contributed by atoms with Gasteiger partial charge in [0.25, 0.3) is 0 Å². The monoisotopic (exact) mass is 196 g/mol. The second-order valence-electron chi connectivity index (χ2n) is 5.86. The molecular formula is C12H24N2. The summed E-state index contributed by atoms with van der Waals surface area (Å²) in [5, 5.41) is 0. The number of nitrogens with two attached hydrogens (primary N) is 1. The van der Waals surface area contributed by atoms with E-state index in [4.69, 9.17) is 5.73 Å². The number of piperidine rings is 1. The molecule has 1 saturated heterocycles. The van der Waals surface area contributed by atoms with Crippen LogP contribution in [-0.4, -0.2) is 29.6 Å². The average Bonchev–Trinajstić information content (AvgIpc) is 2.49. The van der Waals surface area contributed by atoms with Gasteiger partial charge < -0.3 is 5.73 Å². The van der Waals surface area contributed by atoms with Gasteiger partial charge in [-0.25, -0.2) is 0 Å². The van der Waals surface area contributed by atoms with Crippen molar-refractivity contribution in [1.29, 1.82) is 0 Å². The van der Waals surface area contributed by atoms with Gasteiger partial charge in [0.05, 0.1) is 0 Å². The second-order valence-corrected chi connectivity index (χ2v) is 5.86. The molecule has 2 nitrogen and oxygen atoms in total. The lowest BCUT2D eigenvalue weighted by Gasteiger charge is -2.41. The number of hydrogen-bond acceptors (Lipinski definition) is 2. The molecule has 0 aromatic heterocycles. The van der Waals surface area contributed by atoms with E-state index < -0.39 is 0 Å². The average molecular weight is 196 g/mol. The van der Waals surface area contributed by atoms with Crippen LogP contribution >= 0.6 is 0 Å². The minimum Gasteiger partial charge on any atom is -0.324 e. The molecular weight excluding hydrogens is 172 g/mol. The molecule has 0 amide bonds. The first-order valence-electron chi connectivity index (χ1n) is 6.09. The number of hydrogen-bond donors (Lipinski definition) is 1. The molecule has 2 fully saturated rings. The van der Waals surface area contributed by atoms with Gasteiger partial charge in [0.2, 0.25) is 0 Å². The molecule has 0 bridgehead atoms. The third-order valence-electron chi connectivity index (χ3n) is 3.72. The first-order chi connectivity index (χ1) is 6.56. The van der Waals surface area contributed by atoms with Crippen LogP contribution in [0.15, 0.2) is 0 Å². The second kappa shape index (κ2) is 3.82. The summed E-state index contributed by atoms with van der Waals surface area (Å²) in [5.74, 6) is 0.992. The van der Waals surface area contributed by atoms with Crippen LogP contribution in [0.3, 0.4) is 0 Å². The molecule has 0 spiro atoms. The molecule has 0 radical (unpaired) electrons. The fourth-order valence-corrected chi connectivity index (χ4v) is 3.28. The van der Waals surface area contributed by atoms with Crippen molar-refractivity contribution >= 4 is 0 Å². The van der Waals surface area contributed by atoms with Crippen LogP contribution in [0, 0.1) is 5.92 Å². The summed E-state index contributed by atoms with van der Waals surface area (Å²) < 4.78 is 0. The van der Waals surface area contributed by atoms with Crippen molar-refractivity contribution in [2.75, 3.05) is 13.1 Å². The van der Waals surface area contributed by atoms with E-state index in [1.54, 1.807) is 0 Å². The van der Waals surface area contributed by atoms with E-state index in [1.807, 2.05) is 0 Å². The highest BCUT2D eigenvalue weighted by molar-refractivity contribution is 4.91. The number of rotatable bonds is 2. The number of likely N-dealkylation sites (tertiary alicyclic amines) is 1. The Hall–Kier alpha value is -0.0800. The fraction of sp³-hybridized carbons (Fsp3) is 1.00. The molecule has 1 aliphatic heterocycles. The predicted octanol–water partition coefficient (Wildman–Crippen LogP) is 1.99. The molecule has 2 unspecified atom stereocenters. The number of nitrogens with zero attached hydrogens (tertiary/aromatic N) is 1. The van der Waals surface area contributed by atoms with E-state index in [2.05, 4.69) is 18.7 Å². The lowest BCUT2D eigenvalue weighted by molar-refractivity contribution is 0.0932. The summed E-state index contributed by atoms with van der Waals surface area (Å²) in [6, 6.07) is 0.867. The summed E-state index contributed by atoms with van der Waals surface area (Å²) in [7, 11) is 0. The summed E-state index contributed by atoms with van der Waals surface area (Å²) in [6.07, 6.45) is 7.17. The molecule has 14 heavy (non-hydrogen) atoms. The molecule has 82 valence electrons. The van der Waals surface area contributed by atoms with Crippen molar-refractivity contribution in [3.8, 4) is 0 Å². The Kier molecular flexibility index (Phi) is 2.85. The van der Waals surface area contributed by atoms with Gasteiger partial charge in [-0.15, -0.1) is 0 Å².